The van der Waals surface area contributed by atoms with Gasteiger partial charge in [-0.2, -0.15) is 0 Å². The lowest BCUT2D eigenvalue weighted by Crippen LogP contribution is -2.49. The van der Waals surface area contributed by atoms with E-state index in [0.29, 0.717) is 0 Å². The molecule has 0 aliphatic carbocycles. The average molecular weight is 184 g/mol. The molecule has 0 saturated carbocycles. The number of nitrogens with two attached hydrogens (primary N) is 1. The minimum atomic E-state index is -0.0414. The highest BCUT2D eigenvalue weighted by Crippen LogP contribution is 2.22. The molecule has 0 amide bonds. The van der Waals surface area contributed by atoms with Crippen molar-refractivity contribution >= 4 is 0 Å². The van der Waals surface area contributed by atoms with Crippen molar-refractivity contribution in [2.24, 2.45) is 17.6 Å². The van der Waals surface area contributed by atoms with Gasteiger partial charge in [0.15, 0.2) is 0 Å². The largest absolute Gasteiger partial charge is 0.324 e. The Kier molecular flexibility index (Phi) is 3.36. The van der Waals surface area contributed by atoms with Gasteiger partial charge in [-0.3, -0.25) is 0 Å². The summed E-state index contributed by atoms with van der Waals surface area (Å²) in [6.07, 6.45) is 1.33. The SMILES string of the molecule is CC1CCN(CC(C)(C)N)CC1C. The maximum absolute atomic E-state index is 6.00. The first kappa shape index (κ1) is 11.0. The third-order valence-corrected chi connectivity index (χ3v) is 3.05. The maximum atomic E-state index is 6.00. The Labute approximate surface area is 82.5 Å². The van der Waals surface area contributed by atoms with Crippen LogP contribution in [0.25, 0.3) is 0 Å². The Hall–Kier alpha value is -0.0800. The van der Waals surface area contributed by atoms with E-state index >= 15 is 0 Å². The smallest absolute Gasteiger partial charge is 0.0226 e. The molecule has 0 spiro atoms. The van der Waals surface area contributed by atoms with Crippen LogP contribution in [0.3, 0.4) is 0 Å². The topological polar surface area (TPSA) is 29.3 Å². The van der Waals surface area contributed by atoms with Gasteiger partial charge in [0.05, 0.1) is 0 Å². The predicted molar refractivity (Wildman–Crippen MR) is 57.7 cm³/mol. The molecule has 1 aliphatic heterocycles. The van der Waals surface area contributed by atoms with E-state index in [1.54, 1.807) is 0 Å². The fourth-order valence-electron chi connectivity index (χ4n) is 2.07. The summed E-state index contributed by atoms with van der Waals surface area (Å²) in [7, 11) is 0. The fraction of sp³-hybridized carbons (Fsp3) is 1.00. The molecular weight excluding hydrogens is 160 g/mol. The van der Waals surface area contributed by atoms with Crippen LogP contribution in [-0.4, -0.2) is 30.1 Å². The Morgan fingerprint density at radius 2 is 1.92 bits per heavy atom. The second-order valence-electron chi connectivity index (χ2n) is 5.47. The molecule has 1 fully saturated rings. The third-order valence-electron chi connectivity index (χ3n) is 3.05. The first-order valence-corrected chi connectivity index (χ1v) is 5.40. The monoisotopic (exact) mass is 184 g/mol. The second-order valence-corrected chi connectivity index (χ2v) is 5.47. The van der Waals surface area contributed by atoms with E-state index in [0.717, 1.165) is 18.4 Å². The van der Waals surface area contributed by atoms with E-state index in [1.807, 2.05) is 0 Å². The standard InChI is InChI=1S/C11H24N2/c1-9-5-6-13(7-10(9)2)8-11(3,4)12/h9-10H,5-8,12H2,1-4H3. The van der Waals surface area contributed by atoms with Crippen molar-refractivity contribution in [2.45, 2.75) is 39.7 Å². The van der Waals surface area contributed by atoms with Crippen LogP contribution in [0.5, 0.6) is 0 Å². The summed E-state index contributed by atoms with van der Waals surface area (Å²) in [5.41, 5.74) is 5.96. The van der Waals surface area contributed by atoms with Crippen LogP contribution >= 0.6 is 0 Å². The molecule has 2 atom stereocenters. The number of rotatable bonds is 2. The lowest BCUT2D eigenvalue weighted by atomic mass is 9.88. The molecule has 2 unspecified atom stereocenters. The van der Waals surface area contributed by atoms with Crippen molar-refractivity contribution < 1.29 is 0 Å². The van der Waals surface area contributed by atoms with Crippen molar-refractivity contribution in [3.8, 4) is 0 Å². The number of hydrogen-bond acceptors (Lipinski definition) is 2. The lowest BCUT2D eigenvalue weighted by Gasteiger charge is -2.38. The van der Waals surface area contributed by atoms with Gasteiger partial charge in [0, 0.05) is 18.6 Å². The zero-order valence-electron chi connectivity index (χ0n) is 9.51. The van der Waals surface area contributed by atoms with E-state index in [2.05, 4.69) is 32.6 Å². The summed E-state index contributed by atoms with van der Waals surface area (Å²) in [6.45, 7) is 12.4. The highest BCUT2D eigenvalue weighted by molar-refractivity contribution is 4.82. The zero-order valence-corrected chi connectivity index (χ0v) is 9.51. The first-order chi connectivity index (χ1) is 5.88. The van der Waals surface area contributed by atoms with Gasteiger partial charge in [0.1, 0.15) is 0 Å². The molecule has 78 valence electrons. The molecule has 1 heterocycles. The molecule has 1 rings (SSSR count). The van der Waals surface area contributed by atoms with Gasteiger partial charge in [-0.05, 0) is 38.6 Å². The van der Waals surface area contributed by atoms with Crippen LogP contribution < -0.4 is 5.73 Å². The van der Waals surface area contributed by atoms with E-state index in [1.165, 1.54) is 19.5 Å². The first-order valence-electron chi connectivity index (χ1n) is 5.40. The van der Waals surface area contributed by atoms with Crippen LogP contribution in [0.2, 0.25) is 0 Å². The summed E-state index contributed by atoms with van der Waals surface area (Å²) < 4.78 is 0. The van der Waals surface area contributed by atoms with Crippen molar-refractivity contribution in [1.29, 1.82) is 0 Å². The van der Waals surface area contributed by atoms with Gasteiger partial charge >= 0.3 is 0 Å². The van der Waals surface area contributed by atoms with Crippen LogP contribution in [-0.2, 0) is 0 Å². The minimum absolute atomic E-state index is 0.0414. The fourth-order valence-corrected chi connectivity index (χ4v) is 2.07. The molecule has 1 saturated heterocycles. The molecule has 0 aromatic rings. The number of likely N-dealkylation sites (tertiary alicyclic amines) is 1. The molecule has 2 nitrogen and oxygen atoms in total. The molecule has 0 radical (unpaired) electrons. The molecule has 1 aliphatic rings. The van der Waals surface area contributed by atoms with Gasteiger partial charge in [-0.1, -0.05) is 13.8 Å². The third kappa shape index (κ3) is 3.65. The van der Waals surface area contributed by atoms with E-state index in [4.69, 9.17) is 5.73 Å². The van der Waals surface area contributed by atoms with Crippen molar-refractivity contribution in [2.75, 3.05) is 19.6 Å². The van der Waals surface area contributed by atoms with E-state index in [-0.39, 0.29) is 5.54 Å². The molecule has 2 heteroatoms. The average Bonchev–Trinajstić information content (AvgIpc) is 1.94. The summed E-state index contributed by atoms with van der Waals surface area (Å²) in [5.74, 6) is 1.72. The van der Waals surface area contributed by atoms with E-state index < -0.39 is 0 Å². The van der Waals surface area contributed by atoms with Crippen molar-refractivity contribution in [3.63, 3.8) is 0 Å². The normalized spacial score (nSPS) is 32.1. The van der Waals surface area contributed by atoms with Crippen molar-refractivity contribution in [3.05, 3.63) is 0 Å². The van der Waals surface area contributed by atoms with Crippen LogP contribution in [0.1, 0.15) is 34.1 Å². The van der Waals surface area contributed by atoms with Crippen molar-refractivity contribution in [1.82, 2.24) is 4.90 Å². The molecule has 0 aromatic heterocycles. The van der Waals surface area contributed by atoms with Gasteiger partial charge in [0.25, 0.3) is 0 Å². The molecule has 2 N–H and O–H groups in total. The number of nitrogens with zero attached hydrogens (tertiary/aromatic N) is 1. The second kappa shape index (κ2) is 3.97. The molecular formula is C11H24N2. The highest BCUT2D eigenvalue weighted by Gasteiger charge is 2.25. The van der Waals surface area contributed by atoms with E-state index in [9.17, 15) is 0 Å². The molecule has 13 heavy (non-hydrogen) atoms. The number of piperidine rings is 1. The van der Waals surface area contributed by atoms with Crippen LogP contribution in [0.4, 0.5) is 0 Å². The predicted octanol–water partition coefficient (Wildman–Crippen LogP) is 1.70. The minimum Gasteiger partial charge on any atom is -0.324 e. The van der Waals surface area contributed by atoms with Gasteiger partial charge in [-0.25, -0.2) is 0 Å². The van der Waals surface area contributed by atoms with Gasteiger partial charge < -0.3 is 10.6 Å². The Morgan fingerprint density at radius 1 is 1.31 bits per heavy atom. The summed E-state index contributed by atoms with van der Waals surface area (Å²) >= 11 is 0. The lowest BCUT2D eigenvalue weighted by molar-refractivity contribution is 0.119. The number of hydrogen-bond donors (Lipinski definition) is 1. The maximum Gasteiger partial charge on any atom is 0.0226 e. The van der Waals surface area contributed by atoms with Gasteiger partial charge in [-0.15, -0.1) is 0 Å². The quantitative estimate of drug-likeness (QED) is 0.708. The Balaban J connectivity index is 2.38. The Bertz CT molecular complexity index is 160. The Morgan fingerprint density at radius 3 is 2.38 bits per heavy atom. The summed E-state index contributed by atoms with van der Waals surface area (Å²) in [4.78, 5) is 2.50. The summed E-state index contributed by atoms with van der Waals surface area (Å²) in [6, 6.07) is 0. The van der Waals surface area contributed by atoms with Gasteiger partial charge in [0.2, 0.25) is 0 Å². The summed E-state index contributed by atoms with van der Waals surface area (Å²) in [5, 5.41) is 0. The molecule has 0 aromatic carbocycles. The molecule has 0 bridgehead atoms. The van der Waals surface area contributed by atoms with Crippen LogP contribution in [0.15, 0.2) is 0 Å². The van der Waals surface area contributed by atoms with Crippen LogP contribution in [0, 0.1) is 11.8 Å². The zero-order chi connectivity index (χ0) is 10.1. The highest BCUT2D eigenvalue weighted by atomic mass is 15.2.